The number of alkyl halides is 3. The van der Waals surface area contributed by atoms with Gasteiger partial charge in [-0.05, 0) is 36.2 Å². The Morgan fingerprint density at radius 1 is 1.00 bits per heavy atom. The van der Waals surface area contributed by atoms with Gasteiger partial charge in [-0.2, -0.15) is 5.10 Å². The minimum Gasteiger partial charge on any atom is -0.406 e. The fourth-order valence-electron chi connectivity index (χ4n) is 2.61. The van der Waals surface area contributed by atoms with Crippen LogP contribution >= 0.6 is 0 Å². The van der Waals surface area contributed by atoms with Crippen molar-refractivity contribution in [1.82, 2.24) is 15.5 Å². The van der Waals surface area contributed by atoms with Gasteiger partial charge in [0.25, 0.3) is 11.8 Å². The van der Waals surface area contributed by atoms with E-state index in [1.165, 1.54) is 18.3 Å². The average molecular weight is 418 g/mol. The third-order valence-corrected chi connectivity index (χ3v) is 4.01. The molecule has 0 aliphatic heterocycles. The highest BCUT2D eigenvalue weighted by molar-refractivity contribution is 6.08. The number of amides is 2. The maximum atomic E-state index is 12.4. The van der Waals surface area contributed by atoms with Crippen LogP contribution in [-0.4, -0.2) is 34.9 Å². The molecule has 10 heteroatoms. The number of H-pyrrole nitrogens is 1. The Kier molecular flexibility index (Phi) is 6.35. The van der Waals surface area contributed by atoms with E-state index in [2.05, 4.69) is 25.6 Å². The predicted molar refractivity (Wildman–Crippen MR) is 102 cm³/mol. The van der Waals surface area contributed by atoms with Crippen molar-refractivity contribution in [2.75, 3.05) is 11.9 Å². The molecule has 3 aromatic rings. The Labute approximate surface area is 169 Å². The summed E-state index contributed by atoms with van der Waals surface area (Å²) in [6, 6.07) is 14.0. The maximum absolute atomic E-state index is 12.4. The number of carbonyl (C=O) groups is 2. The summed E-state index contributed by atoms with van der Waals surface area (Å²) in [5, 5.41) is 11.5. The van der Waals surface area contributed by atoms with Crippen LogP contribution < -0.4 is 15.4 Å². The minimum atomic E-state index is -4.82. The monoisotopic (exact) mass is 418 g/mol. The van der Waals surface area contributed by atoms with Crippen molar-refractivity contribution < 1.29 is 27.5 Å². The molecule has 3 rings (SSSR count). The number of ether oxygens (including phenoxy) is 1. The summed E-state index contributed by atoms with van der Waals surface area (Å²) in [7, 11) is 0. The number of rotatable bonds is 7. The Bertz CT molecular complexity index is 1000. The van der Waals surface area contributed by atoms with Crippen LogP contribution in [0.4, 0.5) is 18.9 Å². The SMILES string of the molecule is O=C(Nc1cn[nH]c1C(=O)NCCc1ccccc1)c1ccc(OC(F)(F)F)cc1. The standard InChI is InChI=1S/C20H17F3N4O3/c21-20(22,23)30-15-8-6-14(7-9-15)18(28)26-16-12-25-27-17(16)19(29)24-11-10-13-4-2-1-3-5-13/h1-9,12H,10-11H2,(H,24,29)(H,25,27)(H,26,28). The van der Waals surface area contributed by atoms with E-state index in [0.29, 0.717) is 13.0 Å². The highest BCUT2D eigenvalue weighted by Crippen LogP contribution is 2.23. The number of benzene rings is 2. The van der Waals surface area contributed by atoms with Gasteiger partial charge in [-0.3, -0.25) is 14.7 Å². The van der Waals surface area contributed by atoms with Gasteiger partial charge in [0.05, 0.1) is 11.9 Å². The molecule has 0 unspecified atom stereocenters. The van der Waals surface area contributed by atoms with Gasteiger partial charge in [-0.1, -0.05) is 30.3 Å². The van der Waals surface area contributed by atoms with E-state index in [4.69, 9.17) is 0 Å². The first kappa shape index (κ1) is 20.9. The molecule has 30 heavy (non-hydrogen) atoms. The van der Waals surface area contributed by atoms with Crippen LogP contribution in [0.3, 0.4) is 0 Å². The van der Waals surface area contributed by atoms with Gasteiger partial charge in [-0.25, -0.2) is 0 Å². The van der Waals surface area contributed by atoms with Crippen LogP contribution in [0, 0.1) is 0 Å². The van der Waals surface area contributed by atoms with Crippen molar-refractivity contribution in [2.24, 2.45) is 0 Å². The van der Waals surface area contributed by atoms with Crippen LogP contribution in [0.25, 0.3) is 0 Å². The first-order valence-corrected chi connectivity index (χ1v) is 8.84. The van der Waals surface area contributed by atoms with E-state index in [-0.39, 0.29) is 16.9 Å². The van der Waals surface area contributed by atoms with Crippen molar-refractivity contribution in [1.29, 1.82) is 0 Å². The van der Waals surface area contributed by atoms with Gasteiger partial charge in [0.1, 0.15) is 11.4 Å². The van der Waals surface area contributed by atoms with E-state index in [9.17, 15) is 22.8 Å². The molecule has 0 spiro atoms. The summed E-state index contributed by atoms with van der Waals surface area (Å²) in [6.45, 7) is 0.385. The second kappa shape index (κ2) is 9.12. The van der Waals surface area contributed by atoms with E-state index in [1.54, 1.807) is 0 Å². The molecule has 3 N–H and O–H groups in total. The molecule has 2 aromatic carbocycles. The maximum Gasteiger partial charge on any atom is 0.573 e. The molecule has 7 nitrogen and oxygen atoms in total. The number of aromatic nitrogens is 2. The number of halogens is 3. The minimum absolute atomic E-state index is 0.0634. The molecule has 0 bridgehead atoms. The normalized spacial score (nSPS) is 11.0. The zero-order valence-corrected chi connectivity index (χ0v) is 15.5. The number of hydrogen-bond donors (Lipinski definition) is 3. The van der Waals surface area contributed by atoms with Crippen LogP contribution in [0.2, 0.25) is 0 Å². The summed E-state index contributed by atoms with van der Waals surface area (Å²) in [5.74, 6) is -1.51. The lowest BCUT2D eigenvalue weighted by atomic mass is 10.1. The zero-order valence-electron chi connectivity index (χ0n) is 15.5. The van der Waals surface area contributed by atoms with E-state index in [0.717, 1.165) is 17.7 Å². The quantitative estimate of drug-likeness (QED) is 0.547. The molecule has 0 radical (unpaired) electrons. The van der Waals surface area contributed by atoms with Crippen molar-refractivity contribution >= 4 is 17.5 Å². The summed E-state index contributed by atoms with van der Waals surface area (Å²) in [4.78, 5) is 24.7. The largest absolute Gasteiger partial charge is 0.573 e. The molecule has 0 saturated carbocycles. The van der Waals surface area contributed by atoms with Crippen LogP contribution in [0.1, 0.15) is 26.4 Å². The first-order chi connectivity index (χ1) is 14.3. The van der Waals surface area contributed by atoms with Gasteiger partial charge in [-0.15, -0.1) is 13.2 Å². The summed E-state index contributed by atoms with van der Waals surface area (Å²) in [5.41, 5.74) is 1.36. The lowest BCUT2D eigenvalue weighted by molar-refractivity contribution is -0.274. The number of aromatic amines is 1. The smallest absolute Gasteiger partial charge is 0.406 e. The summed E-state index contributed by atoms with van der Waals surface area (Å²) < 4.78 is 40.4. The topological polar surface area (TPSA) is 96.1 Å². The van der Waals surface area contributed by atoms with Crippen molar-refractivity contribution in [3.8, 4) is 5.75 Å². The van der Waals surface area contributed by atoms with Crippen LogP contribution in [0.5, 0.6) is 5.75 Å². The zero-order chi connectivity index (χ0) is 21.6. The summed E-state index contributed by atoms with van der Waals surface area (Å²) >= 11 is 0. The van der Waals surface area contributed by atoms with Gasteiger partial charge in [0, 0.05) is 12.1 Å². The van der Waals surface area contributed by atoms with Crippen molar-refractivity contribution in [2.45, 2.75) is 12.8 Å². The van der Waals surface area contributed by atoms with Gasteiger partial charge < -0.3 is 15.4 Å². The van der Waals surface area contributed by atoms with Crippen LogP contribution in [0.15, 0.2) is 60.8 Å². The molecule has 0 saturated heterocycles. The lowest BCUT2D eigenvalue weighted by Crippen LogP contribution is -2.27. The van der Waals surface area contributed by atoms with Gasteiger partial charge in [0.2, 0.25) is 0 Å². The Hall–Kier alpha value is -3.82. The molecule has 1 aromatic heterocycles. The molecule has 0 fully saturated rings. The molecule has 156 valence electrons. The molecule has 2 amide bonds. The first-order valence-electron chi connectivity index (χ1n) is 8.84. The van der Waals surface area contributed by atoms with Crippen LogP contribution in [-0.2, 0) is 6.42 Å². The van der Waals surface area contributed by atoms with E-state index in [1.807, 2.05) is 30.3 Å². The predicted octanol–water partition coefficient (Wildman–Crippen LogP) is 3.53. The highest BCUT2D eigenvalue weighted by atomic mass is 19.4. The fraction of sp³-hybridized carbons (Fsp3) is 0.150. The second-order valence-corrected chi connectivity index (χ2v) is 6.18. The number of hydrogen-bond acceptors (Lipinski definition) is 4. The molecule has 0 aliphatic rings. The number of nitrogens with zero attached hydrogens (tertiary/aromatic N) is 1. The van der Waals surface area contributed by atoms with Gasteiger partial charge >= 0.3 is 6.36 Å². The number of anilines is 1. The second-order valence-electron chi connectivity index (χ2n) is 6.18. The van der Waals surface area contributed by atoms with Crippen molar-refractivity contribution in [3.05, 3.63) is 77.6 Å². The van der Waals surface area contributed by atoms with Crippen molar-refractivity contribution in [3.63, 3.8) is 0 Å². The lowest BCUT2D eigenvalue weighted by Gasteiger charge is -2.10. The third-order valence-electron chi connectivity index (χ3n) is 4.01. The Morgan fingerprint density at radius 2 is 1.70 bits per heavy atom. The Balaban J connectivity index is 1.58. The number of nitrogens with one attached hydrogen (secondary N) is 3. The van der Waals surface area contributed by atoms with E-state index < -0.39 is 23.9 Å². The molecule has 0 aliphatic carbocycles. The Morgan fingerprint density at radius 3 is 2.37 bits per heavy atom. The third kappa shape index (κ3) is 5.84. The molecular weight excluding hydrogens is 401 g/mol. The van der Waals surface area contributed by atoms with E-state index >= 15 is 0 Å². The number of carbonyl (C=O) groups excluding carboxylic acids is 2. The molecule has 0 atom stereocenters. The highest BCUT2D eigenvalue weighted by Gasteiger charge is 2.31. The molecule has 1 heterocycles. The molecular formula is C20H17F3N4O3. The summed E-state index contributed by atoms with van der Waals surface area (Å²) in [6.07, 6.45) is -2.91. The average Bonchev–Trinajstić information content (AvgIpc) is 3.16. The van der Waals surface area contributed by atoms with Gasteiger partial charge in [0.15, 0.2) is 0 Å². The fourth-order valence-corrected chi connectivity index (χ4v) is 2.61.